The Morgan fingerprint density at radius 3 is 2.60 bits per heavy atom. The molecular weight excluding hydrogens is 190 g/mol. The third-order valence-electron chi connectivity index (χ3n) is 1.81. The van der Waals surface area contributed by atoms with Gasteiger partial charge in [-0.25, -0.2) is 9.97 Å². The Morgan fingerprint density at radius 2 is 2.00 bits per heavy atom. The number of rotatable bonds is 1. The fourth-order valence-corrected chi connectivity index (χ4v) is 1.11. The van der Waals surface area contributed by atoms with Crippen molar-refractivity contribution in [2.45, 2.75) is 0 Å². The maximum Gasteiger partial charge on any atom is 0.158 e. The van der Waals surface area contributed by atoms with Crippen molar-refractivity contribution in [3.8, 4) is 17.5 Å². The molecule has 0 unspecified atom stereocenters. The Hall–Kier alpha value is -2.48. The highest BCUT2D eigenvalue weighted by molar-refractivity contribution is 5.58. The summed E-state index contributed by atoms with van der Waals surface area (Å²) < 4.78 is 0. The average molecular weight is 197 g/mol. The maximum absolute atomic E-state index is 8.56. The van der Waals surface area contributed by atoms with Gasteiger partial charge < -0.3 is 5.73 Å². The van der Waals surface area contributed by atoms with Crippen LogP contribution < -0.4 is 5.73 Å². The first-order valence-electron chi connectivity index (χ1n) is 4.23. The van der Waals surface area contributed by atoms with E-state index in [0.29, 0.717) is 17.1 Å². The number of pyridine rings is 1. The number of hydrogen-bond donors (Lipinski definition) is 1. The van der Waals surface area contributed by atoms with E-state index in [9.17, 15) is 0 Å². The van der Waals surface area contributed by atoms with Crippen LogP contribution in [0.5, 0.6) is 0 Å². The standard InChI is InChI=1S/C10H7N5/c11-4-8-5-15-10(6-14-8)9-3-7(12)1-2-13-9/h1-3,5-6H,(H2,12,13). The minimum atomic E-state index is 0.280. The molecule has 2 aromatic heterocycles. The molecule has 2 aromatic rings. The van der Waals surface area contributed by atoms with Crippen LogP contribution in [0, 0.1) is 11.3 Å². The first kappa shape index (κ1) is 9.09. The molecule has 0 aliphatic rings. The first-order chi connectivity index (χ1) is 7.29. The van der Waals surface area contributed by atoms with Gasteiger partial charge in [-0.05, 0) is 12.1 Å². The van der Waals surface area contributed by atoms with Gasteiger partial charge in [0, 0.05) is 11.9 Å². The predicted molar refractivity (Wildman–Crippen MR) is 54.4 cm³/mol. The van der Waals surface area contributed by atoms with Crippen LogP contribution in [0.2, 0.25) is 0 Å². The van der Waals surface area contributed by atoms with Crippen molar-refractivity contribution in [1.82, 2.24) is 15.0 Å². The SMILES string of the molecule is N#Cc1cnc(-c2cc(N)ccn2)cn1. The number of anilines is 1. The van der Waals surface area contributed by atoms with Gasteiger partial charge in [0.25, 0.3) is 0 Å². The molecular formula is C10H7N5. The monoisotopic (exact) mass is 197 g/mol. The fourth-order valence-electron chi connectivity index (χ4n) is 1.11. The minimum Gasteiger partial charge on any atom is -0.399 e. The number of nitrogens with zero attached hydrogens (tertiary/aromatic N) is 4. The van der Waals surface area contributed by atoms with E-state index in [-0.39, 0.29) is 5.69 Å². The topological polar surface area (TPSA) is 88.5 Å². The lowest BCUT2D eigenvalue weighted by molar-refractivity contribution is 1.15. The summed E-state index contributed by atoms with van der Waals surface area (Å²) in [7, 11) is 0. The van der Waals surface area contributed by atoms with E-state index in [1.54, 1.807) is 18.3 Å². The van der Waals surface area contributed by atoms with Gasteiger partial charge in [-0.2, -0.15) is 5.26 Å². The maximum atomic E-state index is 8.56. The Labute approximate surface area is 86.2 Å². The summed E-state index contributed by atoms with van der Waals surface area (Å²) in [6.07, 6.45) is 4.51. The van der Waals surface area contributed by atoms with Crippen LogP contribution in [0.25, 0.3) is 11.4 Å². The van der Waals surface area contributed by atoms with Crippen LogP contribution in [0.3, 0.4) is 0 Å². The molecule has 15 heavy (non-hydrogen) atoms. The molecule has 5 nitrogen and oxygen atoms in total. The third kappa shape index (κ3) is 1.89. The Bertz CT molecular complexity index is 512. The second kappa shape index (κ2) is 3.72. The van der Waals surface area contributed by atoms with Gasteiger partial charge in [0.1, 0.15) is 11.8 Å². The summed E-state index contributed by atoms with van der Waals surface area (Å²) in [5, 5.41) is 8.56. The Balaban J connectivity index is 2.42. The molecule has 2 rings (SSSR count). The normalized spacial score (nSPS) is 9.53. The quantitative estimate of drug-likeness (QED) is 0.736. The van der Waals surface area contributed by atoms with Crippen molar-refractivity contribution >= 4 is 5.69 Å². The number of nitrogen functional groups attached to an aromatic ring is 1. The van der Waals surface area contributed by atoms with Gasteiger partial charge in [-0.15, -0.1) is 0 Å². The number of nitrogens with two attached hydrogens (primary N) is 1. The molecule has 0 spiro atoms. The molecule has 0 saturated heterocycles. The van der Waals surface area contributed by atoms with Crippen LogP contribution in [-0.2, 0) is 0 Å². The summed E-state index contributed by atoms with van der Waals surface area (Å²) in [6.45, 7) is 0. The first-order valence-corrected chi connectivity index (χ1v) is 4.23. The lowest BCUT2D eigenvalue weighted by Gasteiger charge is -1.99. The van der Waals surface area contributed by atoms with Gasteiger partial charge in [-0.1, -0.05) is 0 Å². The van der Waals surface area contributed by atoms with E-state index in [1.165, 1.54) is 12.4 Å². The van der Waals surface area contributed by atoms with E-state index in [1.807, 2.05) is 6.07 Å². The zero-order valence-corrected chi connectivity index (χ0v) is 7.75. The van der Waals surface area contributed by atoms with Crippen molar-refractivity contribution in [2.24, 2.45) is 0 Å². The van der Waals surface area contributed by atoms with Gasteiger partial charge in [-0.3, -0.25) is 4.98 Å². The summed E-state index contributed by atoms with van der Waals surface area (Å²) in [4.78, 5) is 12.1. The lowest BCUT2D eigenvalue weighted by Crippen LogP contribution is -1.92. The van der Waals surface area contributed by atoms with Crippen molar-refractivity contribution in [1.29, 1.82) is 5.26 Å². The molecule has 0 saturated carbocycles. The summed E-state index contributed by atoms with van der Waals surface area (Å²) in [6, 6.07) is 5.30. The van der Waals surface area contributed by atoms with Gasteiger partial charge >= 0.3 is 0 Å². The molecule has 0 atom stereocenters. The Kier molecular flexibility index (Phi) is 2.25. The zero-order valence-electron chi connectivity index (χ0n) is 7.75. The van der Waals surface area contributed by atoms with Crippen LogP contribution in [0.4, 0.5) is 5.69 Å². The molecule has 2 heterocycles. The Morgan fingerprint density at radius 1 is 1.13 bits per heavy atom. The van der Waals surface area contributed by atoms with Gasteiger partial charge in [0.15, 0.2) is 5.69 Å². The fraction of sp³-hybridized carbons (Fsp3) is 0. The van der Waals surface area contributed by atoms with E-state index >= 15 is 0 Å². The molecule has 0 bridgehead atoms. The van der Waals surface area contributed by atoms with E-state index < -0.39 is 0 Å². The molecule has 2 N–H and O–H groups in total. The van der Waals surface area contributed by atoms with Crippen LogP contribution in [0.15, 0.2) is 30.7 Å². The highest BCUT2D eigenvalue weighted by atomic mass is 14.8. The molecule has 0 radical (unpaired) electrons. The largest absolute Gasteiger partial charge is 0.399 e. The molecule has 0 aliphatic heterocycles. The van der Waals surface area contributed by atoms with Crippen molar-refractivity contribution in [2.75, 3.05) is 5.73 Å². The van der Waals surface area contributed by atoms with E-state index in [2.05, 4.69) is 15.0 Å². The molecule has 0 amide bonds. The van der Waals surface area contributed by atoms with Crippen LogP contribution in [0.1, 0.15) is 5.69 Å². The molecule has 0 aromatic carbocycles. The lowest BCUT2D eigenvalue weighted by atomic mass is 10.2. The second-order valence-corrected chi connectivity index (χ2v) is 2.87. The second-order valence-electron chi connectivity index (χ2n) is 2.87. The van der Waals surface area contributed by atoms with E-state index in [4.69, 9.17) is 11.0 Å². The summed E-state index contributed by atoms with van der Waals surface area (Å²) >= 11 is 0. The van der Waals surface area contributed by atoms with Crippen LogP contribution in [-0.4, -0.2) is 15.0 Å². The smallest absolute Gasteiger partial charge is 0.158 e. The van der Waals surface area contributed by atoms with Gasteiger partial charge in [0.2, 0.25) is 0 Å². The average Bonchev–Trinajstić information content (AvgIpc) is 2.29. The highest BCUT2D eigenvalue weighted by Gasteiger charge is 2.01. The number of aromatic nitrogens is 3. The summed E-state index contributed by atoms with van der Waals surface area (Å²) in [5.74, 6) is 0. The highest BCUT2D eigenvalue weighted by Crippen LogP contribution is 2.14. The van der Waals surface area contributed by atoms with Crippen LogP contribution >= 0.6 is 0 Å². The molecule has 0 aliphatic carbocycles. The molecule has 5 heteroatoms. The van der Waals surface area contributed by atoms with Crippen molar-refractivity contribution in [3.05, 3.63) is 36.4 Å². The minimum absolute atomic E-state index is 0.280. The number of hydrogen-bond acceptors (Lipinski definition) is 5. The molecule has 72 valence electrons. The van der Waals surface area contributed by atoms with E-state index in [0.717, 1.165) is 0 Å². The summed E-state index contributed by atoms with van der Waals surface area (Å²) in [5.41, 5.74) is 7.75. The number of nitriles is 1. The third-order valence-corrected chi connectivity index (χ3v) is 1.81. The van der Waals surface area contributed by atoms with Crippen molar-refractivity contribution in [3.63, 3.8) is 0 Å². The molecule has 0 fully saturated rings. The predicted octanol–water partition coefficient (Wildman–Crippen LogP) is 0.992. The van der Waals surface area contributed by atoms with Crippen molar-refractivity contribution < 1.29 is 0 Å². The zero-order chi connectivity index (χ0) is 10.7. The van der Waals surface area contributed by atoms with Gasteiger partial charge in [0.05, 0.1) is 18.1 Å².